The number of likely N-dealkylation sites (N-methyl/N-ethyl adjacent to an activating group) is 1. The van der Waals surface area contributed by atoms with Gasteiger partial charge in [0.05, 0.1) is 5.92 Å². The molecule has 120 valence electrons. The standard InChI is InChI=1S/C16H30N4O/c1-2-19-7-9-20(10-8-19)6-5-18-16(21)14-12-3-4-13(11-12)15(14)17/h12-15H,2-11,17H2,1H3,(H,18,21). The molecule has 0 radical (unpaired) electrons. The van der Waals surface area contributed by atoms with Crippen molar-refractivity contribution in [2.45, 2.75) is 32.2 Å². The van der Waals surface area contributed by atoms with Gasteiger partial charge in [-0.25, -0.2) is 0 Å². The van der Waals surface area contributed by atoms with Crippen LogP contribution in [0.15, 0.2) is 0 Å². The molecule has 0 aromatic heterocycles. The number of fused-ring (bicyclic) bond motifs is 2. The highest BCUT2D eigenvalue weighted by Gasteiger charge is 2.48. The largest absolute Gasteiger partial charge is 0.355 e. The first-order valence-corrected chi connectivity index (χ1v) is 8.67. The summed E-state index contributed by atoms with van der Waals surface area (Å²) in [5.41, 5.74) is 6.23. The number of nitrogens with one attached hydrogen (secondary N) is 1. The molecule has 4 unspecified atom stereocenters. The van der Waals surface area contributed by atoms with Gasteiger partial charge in [-0.2, -0.15) is 0 Å². The lowest BCUT2D eigenvalue weighted by molar-refractivity contribution is -0.127. The van der Waals surface area contributed by atoms with Gasteiger partial charge in [0, 0.05) is 45.3 Å². The van der Waals surface area contributed by atoms with Gasteiger partial charge in [-0.15, -0.1) is 0 Å². The average Bonchev–Trinajstić information content (AvgIpc) is 3.08. The molecule has 3 rings (SSSR count). The van der Waals surface area contributed by atoms with E-state index in [9.17, 15) is 4.79 Å². The molecule has 1 aliphatic heterocycles. The quantitative estimate of drug-likeness (QED) is 0.756. The van der Waals surface area contributed by atoms with Gasteiger partial charge in [-0.05, 0) is 37.6 Å². The molecule has 1 saturated heterocycles. The fourth-order valence-electron chi connectivity index (χ4n) is 4.51. The van der Waals surface area contributed by atoms with E-state index < -0.39 is 0 Å². The number of amides is 1. The summed E-state index contributed by atoms with van der Waals surface area (Å²) in [6.07, 6.45) is 3.62. The van der Waals surface area contributed by atoms with E-state index in [1.807, 2.05) is 0 Å². The number of rotatable bonds is 5. The van der Waals surface area contributed by atoms with Crippen LogP contribution in [0.1, 0.15) is 26.2 Å². The van der Waals surface area contributed by atoms with Crippen LogP contribution in [-0.2, 0) is 4.79 Å². The van der Waals surface area contributed by atoms with E-state index >= 15 is 0 Å². The summed E-state index contributed by atoms with van der Waals surface area (Å²) in [6, 6.07) is 0.108. The van der Waals surface area contributed by atoms with Crippen LogP contribution in [0, 0.1) is 17.8 Å². The van der Waals surface area contributed by atoms with Gasteiger partial charge in [0.15, 0.2) is 0 Å². The third kappa shape index (κ3) is 3.25. The van der Waals surface area contributed by atoms with Crippen molar-refractivity contribution in [1.29, 1.82) is 0 Å². The van der Waals surface area contributed by atoms with E-state index in [0.29, 0.717) is 11.8 Å². The molecule has 0 aromatic rings. The summed E-state index contributed by atoms with van der Waals surface area (Å²) in [7, 11) is 0. The Hall–Kier alpha value is -0.650. The first-order valence-electron chi connectivity index (χ1n) is 8.67. The summed E-state index contributed by atoms with van der Waals surface area (Å²) < 4.78 is 0. The Balaban J connectivity index is 1.37. The maximum atomic E-state index is 12.4. The number of nitrogens with zero attached hydrogens (tertiary/aromatic N) is 2. The van der Waals surface area contributed by atoms with E-state index in [0.717, 1.165) is 45.8 Å². The zero-order chi connectivity index (χ0) is 14.8. The second kappa shape index (κ2) is 6.63. The second-order valence-corrected chi connectivity index (χ2v) is 7.00. The van der Waals surface area contributed by atoms with Crippen molar-refractivity contribution in [3.8, 4) is 0 Å². The highest BCUT2D eigenvalue weighted by molar-refractivity contribution is 5.80. The highest BCUT2D eigenvalue weighted by atomic mass is 16.1. The minimum absolute atomic E-state index is 0.0840. The fourth-order valence-corrected chi connectivity index (χ4v) is 4.51. The van der Waals surface area contributed by atoms with Gasteiger partial charge in [0.1, 0.15) is 0 Å². The van der Waals surface area contributed by atoms with Crippen molar-refractivity contribution in [1.82, 2.24) is 15.1 Å². The third-order valence-electron chi connectivity index (χ3n) is 5.92. The molecule has 5 nitrogen and oxygen atoms in total. The molecule has 0 spiro atoms. The molecule has 1 amide bonds. The van der Waals surface area contributed by atoms with E-state index in [2.05, 4.69) is 22.0 Å². The maximum Gasteiger partial charge on any atom is 0.225 e. The molecule has 4 atom stereocenters. The molecule has 3 N–H and O–H groups in total. The Morgan fingerprint density at radius 3 is 2.43 bits per heavy atom. The molecule has 2 aliphatic carbocycles. The SMILES string of the molecule is CCN1CCN(CCNC(=O)C2C3CCC(C3)C2N)CC1. The number of nitrogens with two attached hydrogens (primary N) is 1. The number of piperazine rings is 1. The number of hydrogen-bond acceptors (Lipinski definition) is 4. The minimum Gasteiger partial charge on any atom is -0.355 e. The van der Waals surface area contributed by atoms with Gasteiger partial charge >= 0.3 is 0 Å². The summed E-state index contributed by atoms with van der Waals surface area (Å²) in [5.74, 6) is 1.45. The monoisotopic (exact) mass is 294 g/mol. The van der Waals surface area contributed by atoms with Crippen molar-refractivity contribution in [2.24, 2.45) is 23.5 Å². The Bertz CT molecular complexity index is 365. The molecule has 3 fully saturated rings. The van der Waals surface area contributed by atoms with Crippen LogP contribution in [0.2, 0.25) is 0 Å². The van der Waals surface area contributed by atoms with Gasteiger partial charge < -0.3 is 16.0 Å². The summed E-state index contributed by atoms with van der Waals surface area (Å²) in [5, 5.41) is 3.14. The molecule has 0 aromatic carbocycles. The lowest BCUT2D eigenvalue weighted by Gasteiger charge is -2.34. The Labute approximate surface area is 128 Å². The Morgan fingerprint density at radius 2 is 1.81 bits per heavy atom. The Kier molecular flexibility index (Phi) is 4.82. The van der Waals surface area contributed by atoms with E-state index in [1.54, 1.807) is 0 Å². The second-order valence-electron chi connectivity index (χ2n) is 7.00. The molecule has 2 saturated carbocycles. The first kappa shape index (κ1) is 15.3. The molecular formula is C16H30N4O. The van der Waals surface area contributed by atoms with Crippen LogP contribution in [0.5, 0.6) is 0 Å². The smallest absolute Gasteiger partial charge is 0.225 e. The maximum absolute atomic E-state index is 12.4. The molecule has 2 bridgehead atoms. The molecular weight excluding hydrogens is 264 g/mol. The zero-order valence-corrected chi connectivity index (χ0v) is 13.3. The van der Waals surface area contributed by atoms with Crippen LogP contribution in [-0.4, -0.2) is 67.6 Å². The lowest BCUT2D eigenvalue weighted by Crippen LogP contribution is -2.50. The zero-order valence-electron chi connectivity index (χ0n) is 13.3. The number of carbonyl (C=O) groups excluding carboxylic acids is 1. The predicted octanol–water partition coefficient (Wildman–Crippen LogP) is 0.114. The van der Waals surface area contributed by atoms with Crippen LogP contribution in [0.3, 0.4) is 0 Å². The summed E-state index contributed by atoms with van der Waals surface area (Å²) in [6.45, 7) is 9.66. The van der Waals surface area contributed by atoms with E-state index in [-0.39, 0.29) is 17.9 Å². The first-order chi connectivity index (χ1) is 10.2. The molecule has 1 heterocycles. The van der Waals surface area contributed by atoms with Gasteiger partial charge in [0.2, 0.25) is 5.91 Å². The normalized spacial score (nSPS) is 37.0. The Morgan fingerprint density at radius 1 is 1.14 bits per heavy atom. The topological polar surface area (TPSA) is 61.6 Å². The van der Waals surface area contributed by atoms with Gasteiger partial charge in [0.25, 0.3) is 0 Å². The molecule has 21 heavy (non-hydrogen) atoms. The van der Waals surface area contributed by atoms with Gasteiger partial charge in [-0.3, -0.25) is 9.69 Å². The lowest BCUT2D eigenvalue weighted by atomic mass is 9.84. The van der Waals surface area contributed by atoms with Crippen molar-refractivity contribution < 1.29 is 4.79 Å². The summed E-state index contributed by atoms with van der Waals surface area (Å²) in [4.78, 5) is 17.3. The number of hydrogen-bond donors (Lipinski definition) is 2. The van der Waals surface area contributed by atoms with Crippen LogP contribution < -0.4 is 11.1 Å². The minimum atomic E-state index is 0.0840. The number of carbonyl (C=O) groups is 1. The fraction of sp³-hybridized carbons (Fsp3) is 0.938. The van der Waals surface area contributed by atoms with E-state index in [1.165, 1.54) is 19.3 Å². The van der Waals surface area contributed by atoms with Crippen LogP contribution >= 0.6 is 0 Å². The predicted molar refractivity (Wildman–Crippen MR) is 83.9 cm³/mol. The third-order valence-corrected chi connectivity index (χ3v) is 5.92. The van der Waals surface area contributed by atoms with Crippen molar-refractivity contribution in [3.63, 3.8) is 0 Å². The molecule has 5 heteroatoms. The van der Waals surface area contributed by atoms with Crippen molar-refractivity contribution in [3.05, 3.63) is 0 Å². The van der Waals surface area contributed by atoms with Crippen LogP contribution in [0.25, 0.3) is 0 Å². The van der Waals surface area contributed by atoms with Crippen LogP contribution in [0.4, 0.5) is 0 Å². The van der Waals surface area contributed by atoms with Crippen molar-refractivity contribution >= 4 is 5.91 Å². The van der Waals surface area contributed by atoms with E-state index in [4.69, 9.17) is 5.73 Å². The van der Waals surface area contributed by atoms with Gasteiger partial charge in [-0.1, -0.05) is 6.92 Å². The average molecular weight is 294 g/mol. The highest BCUT2D eigenvalue weighted by Crippen LogP contribution is 2.47. The molecule has 3 aliphatic rings. The summed E-state index contributed by atoms with van der Waals surface area (Å²) >= 11 is 0. The van der Waals surface area contributed by atoms with Crippen molar-refractivity contribution in [2.75, 3.05) is 45.8 Å².